The van der Waals surface area contributed by atoms with Gasteiger partial charge in [-0.15, -0.1) is 0 Å². The summed E-state index contributed by atoms with van der Waals surface area (Å²) in [6, 6.07) is 0.262. The molecule has 0 unspecified atom stereocenters. The number of allylic oxidation sites excluding steroid dienone is 2. The maximum absolute atomic E-state index is 11.2. The second-order valence-corrected chi connectivity index (χ2v) is 3.11. The Bertz CT molecular complexity index is 288. The van der Waals surface area contributed by atoms with Crippen LogP contribution in [0.4, 0.5) is 0 Å². The second-order valence-electron chi connectivity index (χ2n) is 3.11. The van der Waals surface area contributed by atoms with Crippen LogP contribution < -0.4 is 0 Å². The summed E-state index contributed by atoms with van der Waals surface area (Å²) in [5.74, 6) is 0.526. The summed E-state index contributed by atoms with van der Waals surface area (Å²) in [5, 5.41) is 0. The van der Waals surface area contributed by atoms with Gasteiger partial charge in [-0.1, -0.05) is 24.3 Å². The Morgan fingerprint density at radius 1 is 1.25 bits per heavy atom. The molecule has 2 heteroatoms. The fourth-order valence-corrected chi connectivity index (χ4v) is 1.54. The van der Waals surface area contributed by atoms with Gasteiger partial charge < -0.3 is 4.90 Å². The third-order valence-corrected chi connectivity index (χ3v) is 2.30. The molecule has 0 aromatic heterocycles. The largest absolute Gasteiger partial charge is 0.312 e. The van der Waals surface area contributed by atoms with Crippen LogP contribution in [0.5, 0.6) is 0 Å². The molecule has 0 saturated carbocycles. The van der Waals surface area contributed by atoms with Crippen molar-refractivity contribution in [2.75, 3.05) is 0 Å². The molecular weight excluding hydrogens is 150 g/mol. The number of hydrogen-bond donors (Lipinski definition) is 0. The van der Waals surface area contributed by atoms with E-state index in [1.807, 2.05) is 18.4 Å². The first-order chi connectivity index (χ1) is 5.79. The third kappa shape index (κ3) is 0.998. The quantitative estimate of drug-likeness (QED) is 0.493. The topological polar surface area (TPSA) is 20.3 Å². The number of fused-ring (bicyclic) bond motifs is 1. The van der Waals surface area contributed by atoms with Crippen LogP contribution in [0.15, 0.2) is 36.6 Å². The minimum absolute atomic E-state index is 0.106. The van der Waals surface area contributed by atoms with E-state index in [2.05, 4.69) is 18.2 Å². The Morgan fingerprint density at radius 2 is 2.08 bits per heavy atom. The van der Waals surface area contributed by atoms with Gasteiger partial charge in [0.1, 0.15) is 0 Å². The lowest BCUT2D eigenvalue weighted by Gasteiger charge is -2.34. The summed E-state index contributed by atoms with van der Waals surface area (Å²) in [4.78, 5) is 12.9. The lowest BCUT2D eigenvalue weighted by atomic mass is 9.88. The molecule has 0 bridgehead atoms. The van der Waals surface area contributed by atoms with Gasteiger partial charge in [0.2, 0.25) is 5.91 Å². The number of carbonyl (C=O) groups is 1. The first kappa shape index (κ1) is 7.35. The van der Waals surface area contributed by atoms with Crippen molar-refractivity contribution in [3.63, 3.8) is 0 Å². The Hall–Kier alpha value is -1.31. The van der Waals surface area contributed by atoms with E-state index in [9.17, 15) is 4.79 Å². The van der Waals surface area contributed by atoms with E-state index in [1.165, 1.54) is 0 Å². The van der Waals surface area contributed by atoms with Crippen LogP contribution in [0.2, 0.25) is 0 Å². The van der Waals surface area contributed by atoms with Crippen LogP contribution >= 0.6 is 0 Å². The maximum Gasteiger partial charge on any atom is 0.223 e. The zero-order valence-corrected chi connectivity index (χ0v) is 6.97. The van der Waals surface area contributed by atoms with Crippen LogP contribution in [-0.4, -0.2) is 16.8 Å². The zero-order chi connectivity index (χ0) is 8.55. The SMILES string of the molecule is CC(=O)N1C=CC=C[C@H]2C=C[C@H]21. The molecule has 2 atom stereocenters. The molecule has 1 aliphatic carbocycles. The number of hydrogen-bond acceptors (Lipinski definition) is 1. The van der Waals surface area contributed by atoms with E-state index < -0.39 is 0 Å². The molecule has 0 N–H and O–H groups in total. The molecule has 2 rings (SSSR count). The predicted octanol–water partition coefficient (Wildman–Crippen LogP) is 1.47. The molecule has 0 aromatic carbocycles. The van der Waals surface area contributed by atoms with Crippen molar-refractivity contribution in [2.24, 2.45) is 5.92 Å². The summed E-state index contributed by atoms with van der Waals surface area (Å²) in [5.41, 5.74) is 0. The number of rotatable bonds is 0. The van der Waals surface area contributed by atoms with Gasteiger partial charge in [0.15, 0.2) is 0 Å². The van der Waals surface area contributed by atoms with Gasteiger partial charge in [-0.25, -0.2) is 0 Å². The highest BCUT2D eigenvalue weighted by molar-refractivity contribution is 5.75. The van der Waals surface area contributed by atoms with Gasteiger partial charge in [0.05, 0.1) is 6.04 Å². The summed E-state index contributed by atoms with van der Waals surface area (Å²) in [6.07, 6.45) is 12.0. The monoisotopic (exact) mass is 161 g/mol. The molecule has 0 saturated heterocycles. The van der Waals surface area contributed by atoms with E-state index in [0.717, 1.165) is 0 Å². The van der Waals surface area contributed by atoms with Gasteiger partial charge in [0.25, 0.3) is 0 Å². The van der Waals surface area contributed by atoms with E-state index in [-0.39, 0.29) is 11.9 Å². The van der Waals surface area contributed by atoms with Gasteiger partial charge in [-0.05, 0) is 6.08 Å². The molecule has 2 nitrogen and oxygen atoms in total. The summed E-state index contributed by atoms with van der Waals surface area (Å²) < 4.78 is 0. The lowest BCUT2D eigenvalue weighted by molar-refractivity contribution is -0.128. The molecule has 0 spiro atoms. The minimum Gasteiger partial charge on any atom is -0.312 e. The highest BCUT2D eigenvalue weighted by atomic mass is 16.2. The van der Waals surface area contributed by atoms with Crippen molar-refractivity contribution in [1.29, 1.82) is 0 Å². The van der Waals surface area contributed by atoms with E-state index in [1.54, 1.807) is 11.8 Å². The maximum atomic E-state index is 11.2. The number of amides is 1. The number of nitrogens with zero attached hydrogens (tertiary/aromatic N) is 1. The van der Waals surface area contributed by atoms with Crippen molar-refractivity contribution < 1.29 is 4.79 Å². The first-order valence-electron chi connectivity index (χ1n) is 4.11. The van der Waals surface area contributed by atoms with Crippen LogP contribution in [0.3, 0.4) is 0 Å². The van der Waals surface area contributed by atoms with Crippen molar-refractivity contribution in [3.05, 3.63) is 36.6 Å². The summed E-state index contributed by atoms with van der Waals surface area (Å²) in [7, 11) is 0. The molecule has 0 aromatic rings. The summed E-state index contributed by atoms with van der Waals surface area (Å²) >= 11 is 0. The van der Waals surface area contributed by atoms with Gasteiger partial charge in [-0.3, -0.25) is 4.79 Å². The van der Waals surface area contributed by atoms with Gasteiger partial charge in [0, 0.05) is 19.0 Å². The normalized spacial score (nSPS) is 30.9. The standard InChI is InChI=1S/C10H11NO/c1-8(12)11-7-3-2-4-9-5-6-10(9)11/h2-7,9-10H,1H3/t9-,10+/m0/s1. The Labute approximate surface area is 71.9 Å². The van der Waals surface area contributed by atoms with E-state index in [4.69, 9.17) is 0 Å². The third-order valence-electron chi connectivity index (χ3n) is 2.30. The van der Waals surface area contributed by atoms with Crippen LogP contribution in [0.25, 0.3) is 0 Å². The molecule has 2 aliphatic rings. The van der Waals surface area contributed by atoms with Crippen molar-refractivity contribution >= 4 is 5.91 Å². The van der Waals surface area contributed by atoms with E-state index >= 15 is 0 Å². The highest BCUT2D eigenvalue weighted by Crippen LogP contribution is 2.27. The summed E-state index contributed by atoms with van der Waals surface area (Å²) in [6.45, 7) is 1.60. The fraction of sp³-hybridized carbons (Fsp3) is 0.300. The van der Waals surface area contributed by atoms with E-state index in [0.29, 0.717) is 5.92 Å². The zero-order valence-electron chi connectivity index (χ0n) is 6.97. The molecular formula is C10H11NO. The predicted molar refractivity (Wildman–Crippen MR) is 47.2 cm³/mol. The van der Waals surface area contributed by atoms with Crippen molar-refractivity contribution in [1.82, 2.24) is 4.90 Å². The molecule has 1 amide bonds. The molecule has 62 valence electrons. The van der Waals surface area contributed by atoms with Crippen LogP contribution in [0, 0.1) is 5.92 Å². The average molecular weight is 161 g/mol. The number of carbonyl (C=O) groups excluding carboxylic acids is 1. The van der Waals surface area contributed by atoms with Gasteiger partial charge >= 0.3 is 0 Å². The average Bonchev–Trinajstić information content (AvgIpc) is 2.10. The molecule has 0 radical (unpaired) electrons. The minimum atomic E-state index is 0.106. The fourth-order valence-electron chi connectivity index (χ4n) is 1.54. The molecule has 1 aliphatic heterocycles. The first-order valence-corrected chi connectivity index (χ1v) is 4.11. The Kier molecular flexibility index (Phi) is 1.61. The molecule has 0 fully saturated rings. The lowest BCUT2D eigenvalue weighted by Crippen LogP contribution is -2.41. The Balaban J connectivity index is 2.25. The highest BCUT2D eigenvalue weighted by Gasteiger charge is 2.29. The van der Waals surface area contributed by atoms with Crippen LogP contribution in [0.1, 0.15) is 6.92 Å². The van der Waals surface area contributed by atoms with Crippen molar-refractivity contribution in [2.45, 2.75) is 13.0 Å². The molecule has 12 heavy (non-hydrogen) atoms. The second kappa shape index (κ2) is 2.63. The van der Waals surface area contributed by atoms with Crippen molar-refractivity contribution in [3.8, 4) is 0 Å². The Morgan fingerprint density at radius 3 is 2.67 bits per heavy atom. The van der Waals surface area contributed by atoms with Crippen LogP contribution in [-0.2, 0) is 4.79 Å². The van der Waals surface area contributed by atoms with Gasteiger partial charge in [-0.2, -0.15) is 0 Å². The molecule has 1 heterocycles. The smallest absolute Gasteiger partial charge is 0.223 e.